The molecule has 3 rings (SSSR count). The van der Waals surface area contributed by atoms with Crippen molar-refractivity contribution in [3.05, 3.63) is 58.4 Å². The summed E-state index contributed by atoms with van der Waals surface area (Å²) in [6, 6.07) is 7.66. The van der Waals surface area contributed by atoms with Crippen LogP contribution < -0.4 is 14.2 Å². The third kappa shape index (κ3) is 6.74. The SMILES string of the molecule is CC(C)Nc1ncnc2cc(OCCC=S(C)NS(=O)(=O)c3ccc([N+](=O)[O-])cc3)c(C(=O)O)cc12. The molecule has 36 heavy (non-hydrogen) atoms. The van der Waals surface area contributed by atoms with Crippen LogP contribution in [0.15, 0.2) is 47.6 Å². The number of carboxylic acids is 1. The van der Waals surface area contributed by atoms with Gasteiger partial charge in [-0.05, 0) is 43.7 Å². The Bertz CT molecular complexity index is 1420. The average Bonchev–Trinajstić information content (AvgIpc) is 2.81. The van der Waals surface area contributed by atoms with Crippen molar-refractivity contribution in [1.29, 1.82) is 0 Å². The van der Waals surface area contributed by atoms with Crippen molar-refractivity contribution >= 4 is 54.4 Å². The summed E-state index contributed by atoms with van der Waals surface area (Å²) in [7, 11) is -4.76. The maximum atomic E-state index is 12.5. The first-order valence-electron chi connectivity index (χ1n) is 10.6. The lowest BCUT2D eigenvalue weighted by Gasteiger charge is -2.14. The fraction of sp³-hybridized carbons (Fsp3) is 0.273. The van der Waals surface area contributed by atoms with Crippen molar-refractivity contribution < 1.29 is 28.0 Å². The summed E-state index contributed by atoms with van der Waals surface area (Å²) in [6.07, 6.45) is 3.36. The Morgan fingerprint density at radius 1 is 1.25 bits per heavy atom. The van der Waals surface area contributed by atoms with E-state index < -0.39 is 31.6 Å². The molecule has 0 radical (unpaired) electrons. The minimum Gasteiger partial charge on any atom is -0.492 e. The number of nitro groups is 1. The van der Waals surface area contributed by atoms with Crippen molar-refractivity contribution in [2.75, 3.05) is 18.2 Å². The van der Waals surface area contributed by atoms with E-state index in [0.29, 0.717) is 23.1 Å². The summed E-state index contributed by atoms with van der Waals surface area (Å²) in [6.45, 7) is 3.98. The highest BCUT2D eigenvalue weighted by Crippen LogP contribution is 2.29. The molecule has 192 valence electrons. The highest BCUT2D eigenvalue weighted by atomic mass is 32.3. The van der Waals surface area contributed by atoms with Gasteiger partial charge in [-0.2, -0.15) is 4.13 Å². The number of non-ortho nitro benzene ring substituents is 1. The quantitative estimate of drug-likeness (QED) is 0.143. The van der Waals surface area contributed by atoms with E-state index in [-0.39, 0.29) is 34.5 Å². The van der Waals surface area contributed by atoms with Gasteiger partial charge in [0, 0.05) is 36.0 Å². The molecule has 0 bridgehead atoms. The summed E-state index contributed by atoms with van der Waals surface area (Å²) in [5, 5.41) is 25.8. The van der Waals surface area contributed by atoms with Crippen LogP contribution in [-0.4, -0.2) is 58.7 Å². The number of carboxylic acid groups (broad SMARTS) is 1. The van der Waals surface area contributed by atoms with E-state index in [4.69, 9.17) is 4.74 Å². The first kappa shape index (κ1) is 27.0. The molecule has 14 heteroatoms. The highest BCUT2D eigenvalue weighted by molar-refractivity contribution is 8.19. The van der Waals surface area contributed by atoms with Crippen LogP contribution in [-0.2, 0) is 10.0 Å². The minimum absolute atomic E-state index is 0.0431. The van der Waals surface area contributed by atoms with Gasteiger partial charge in [-0.3, -0.25) is 10.1 Å². The van der Waals surface area contributed by atoms with Crippen LogP contribution in [0.5, 0.6) is 5.75 Å². The monoisotopic (exact) mass is 535 g/mol. The zero-order valence-corrected chi connectivity index (χ0v) is 21.3. The second-order valence-corrected chi connectivity index (χ2v) is 11.5. The topological polar surface area (TPSA) is 174 Å². The van der Waals surface area contributed by atoms with E-state index in [1.807, 2.05) is 13.8 Å². The minimum atomic E-state index is -3.88. The molecule has 3 aromatic rings. The summed E-state index contributed by atoms with van der Waals surface area (Å²) in [5.74, 6) is -0.505. The number of sulfonamides is 1. The largest absolute Gasteiger partial charge is 0.492 e. The molecule has 0 aliphatic heterocycles. The summed E-state index contributed by atoms with van der Waals surface area (Å²) in [4.78, 5) is 30.3. The molecule has 12 nitrogen and oxygen atoms in total. The molecule has 1 aromatic heterocycles. The molecule has 0 fully saturated rings. The predicted octanol–water partition coefficient (Wildman–Crippen LogP) is 3.42. The van der Waals surface area contributed by atoms with Crippen LogP contribution in [0.25, 0.3) is 10.9 Å². The number of fused-ring (bicyclic) bond motifs is 1. The Balaban J connectivity index is 1.69. The highest BCUT2D eigenvalue weighted by Gasteiger charge is 2.17. The average molecular weight is 536 g/mol. The van der Waals surface area contributed by atoms with E-state index in [1.54, 1.807) is 11.6 Å². The number of hydrogen-bond acceptors (Lipinski definition) is 9. The fourth-order valence-electron chi connectivity index (χ4n) is 3.15. The maximum absolute atomic E-state index is 12.5. The van der Waals surface area contributed by atoms with Crippen LogP contribution in [0.2, 0.25) is 0 Å². The number of rotatable bonds is 11. The lowest BCUT2D eigenvalue weighted by molar-refractivity contribution is -0.384. The smallest absolute Gasteiger partial charge is 0.339 e. The fourth-order valence-corrected chi connectivity index (χ4v) is 6.14. The Labute approximate surface area is 210 Å². The number of hydrogen-bond donors (Lipinski definition) is 3. The van der Waals surface area contributed by atoms with E-state index >= 15 is 0 Å². The third-order valence-corrected chi connectivity index (χ3v) is 8.29. The van der Waals surface area contributed by atoms with E-state index in [0.717, 1.165) is 12.1 Å². The van der Waals surface area contributed by atoms with E-state index in [1.165, 1.54) is 30.6 Å². The van der Waals surface area contributed by atoms with Crippen LogP contribution in [0, 0.1) is 10.1 Å². The van der Waals surface area contributed by atoms with Gasteiger partial charge in [0.25, 0.3) is 5.69 Å². The number of nitro benzene ring substituents is 1. The summed E-state index contributed by atoms with van der Waals surface area (Å²) < 4.78 is 33.2. The standard InChI is InChI=1S/C22H25N5O7S2/c1-14(2)25-21-17-11-18(22(28)29)20(12-19(17)23-13-24-21)34-9-4-10-35(3)26-36(32,33)16-7-5-15(6-8-16)27(30)31/h5-8,10-14,26H,4,9H2,1-3H3,(H,28,29)(H,23,24,25). The van der Waals surface area contributed by atoms with Crippen molar-refractivity contribution in [2.45, 2.75) is 31.2 Å². The van der Waals surface area contributed by atoms with Gasteiger partial charge in [0.2, 0.25) is 10.0 Å². The van der Waals surface area contributed by atoms with Crippen molar-refractivity contribution in [2.24, 2.45) is 0 Å². The van der Waals surface area contributed by atoms with Gasteiger partial charge in [0.15, 0.2) is 0 Å². The molecular formula is C22H25N5O7S2. The molecule has 0 aliphatic carbocycles. The Morgan fingerprint density at radius 2 is 1.94 bits per heavy atom. The van der Waals surface area contributed by atoms with Crippen LogP contribution in [0.1, 0.15) is 30.6 Å². The number of ether oxygens (including phenoxy) is 1. The predicted molar refractivity (Wildman–Crippen MR) is 138 cm³/mol. The molecule has 2 aromatic carbocycles. The second-order valence-electron chi connectivity index (χ2n) is 7.89. The lowest BCUT2D eigenvalue weighted by atomic mass is 10.1. The van der Waals surface area contributed by atoms with E-state index in [9.17, 15) is 28.4 Å². The molecule has 0 saturated heterocycles. The Kier molecular flexibility index (Phi) is 8.55. The van der Waals surface area contributed by atoms with Crippen molar-refractivity contribution in [3.8, 4) is 5.75 Å². The molecule has 0 saturated carbocycles. The summed E-state index contributed by atoms with van der Waals surface area (Å²) >= 11 is 0. The lowest BCUT2D eigenvalue weighted by Crippen LogP contribution is -2.18. The first-order chi connectivity index (χ1) is 17.0. The van der Waals surface area contributed by atoms with Gasteiger partial charge in [-0.15, -0.1) is 10.7 Å². The number of anilines is 1. The molecule has 3 N–H and O–H groups in total. The molecular weight excluding hydrogens is 510 g/mol. The van der Waals surface area contributed by atoms with Crippen molar-refractivity contribution in [3.63, 3.8) is 0 Å². The molecule has 0 aliphatic rings. The first-order valence-corrected chi connectivity index (χ1v) is 13.8. The number of benzene rings is 2. The molecule has 1 unspecified atom stereocenters. The second kappa shape index (κ2) is 11.4. The Hall–Kier alpha value is -3.62. The molecule has 0 spiro atoms. The number of nitrogens with zero attached hydrogens (tertiary/aromatic N) is 3. The van der Waals surface area contributed by atoms with Gasteiger partial charge in [0.1, 0.15) is 23.5 Å². The van der Waals surface area contributed by atoms with Gasteiger partial charge in [-0.25, -0.2) is 23.2 Å². The Morgan fingerprint density at radius 3 is 2.56 bits per heavy atom. The maximum Gasteiger partial charge on any atom is 0.339 e. The number of carbonyl (C=O) groups is 1. The zero-order valence-electron chi connectivity index (χ0n) is 19.7. The van der Waals surface area contributed by atoms with Crippen LogP contribution >= 0.6 is 10.7 Å². The normalized spacial score (nSPS) is 12.6. The van der Waals surface area contributed by atoms with Gasteiger partial charge in [0.05, 0.1) is 21.9 Å². The molecule has 1 atom stereocenters. The van der Waals surface area contributed by atoms with Gasteiger partial charge in [-0.1, -0.05) is 0 Å². The zero-order chi connectivity index (χ0) is 26.5. The molecule has 1 heterocycles. The van der Waals surface area contributed by atoms with Crippen LogP contribution in [0.3, 0.4) is 0 Å². The number of aromatic carboxylic acids is 1. The van der Waals surface area contributed by atoms with Gasteiger partial charge >= 0.3 is 5.97 Å². The van der Waals surface area contributed by atoms with Crippen LogP contribution in [0.4, 0.5) is 11.5 Å². The van der Waals surface area contributed by atoms with Gasteiger partial charge < -0.3 is 15.2 Å². The third-order valence-electron chi connectivity index (χ3n) is 4.73. The van der Waals surface area contributed by atoms with E-state index in [2.05, 4.69) is 19.4 Å². The van der Waals surface area contributed by atoms with Crippen molar-refractivity contribution in [1.82, 2.24) is 14.1 Å². The molecule has 0 amide bonds. The summed E-state index contributed by atoms with van der Waals surface area (Å²) in [5.41, 5.74) is 0.267. The number of nitrogens with one attached hydrogen (secondary N) is 2. The number of aromatic nitrogens is 2.